The van der Waals surface area contributed by atoms with Crippen LogP contribution in [0.3, 0.4) is 0 Å². The summed E-state index contributed by atoms with van der Waals surface area (Å²) >= 11 is 0. The number of rotatable bonds is 4. The highest BCUT2D eigenvalue weighted by molar-refractivity contribution is 5.92. The average Bonchev–Trinajstić information content (AvgIpc) is 2.83. The van der Waals surface area contributed by atoms with Crippen molar-refractivity contribution in [2.75, 3.05) is 0 Å². The Morgan fingerprint density at radius 3 is 2.39 bits per heavy atom. The molecule has 0 atom stereocenters. The largest absolute Gasteiger partial charge is 0.455 e. The van der Waals surface area contributed by atoms with E-state index in [1.165, 1.54) is 6.07 Å². The third-order valence-electron chi connectivity index (χ3n) is 5.65. The Hall–Kier alpha value is -4.12. The highest BCUT2D eigenvalue weighted by Gasteiger charge is 2.14. The van der Waals surface area contributed by atoms with Gasteiger partial charge < -0.3 is 4.74 Å². The third-order valence-corrected chi connectivity index (χ3v) is 5.65. The van der Waals surface area contributed by atoms with Gasteiger partial charge in [0.2, 0.25) is 0 Å². The van der Waals surface area contributed by atoms with Crippen LogP contribution in [-0.4, -0.2) is 15.0 Å². The number of aromatic nitrogens is 3. The smallest absolute Gasteiger partial charge is 0.145 e. The van der Waals surface area contributed by atoms with Gasteiger partial charge in [-0.05, 0) is 80.4 Å². The molecule has 3 heterocycles. The van der Waals surface area contributed by atoms with Gasteiger partial charge in [0.15, 0.2) is 0 Å². The van der Waals surface area contributed by atoms with Crippen LogP contribution in [0.1, 0.15) is 16.8 Å². The Kier molecular flexibility index (Phi) is 5.31. The second-order valence-electron chi connectivity index (χ2n) is 8.10. The first-order chi connectivity index (χ1) is 16.0. The second kappa shape index (κ2) is 8.43. The molecule has 5 rings (SSSR count). The molecular formula is C28H22FN3O. The number of ether oxygens (including phenoxy) is 1. The van der Waals surface area contributed by atoms with Crippen molar-refractivity contribution in [1.82, 2.24) is 15.0 Å². The summed E-state index contributed by atoms with van der Waals surface area (Å²) in [6, 6.07) is 18.9. The number of hydrogen-bond donors (Lipinski definition) is 0. The summed E-state index contributed by atoms with van der Waals surface area (Å²) in [7, 11) is 0. The van der Waals surface area contributed by atoms with Gasteiger partial charge in [0.1, 0.15) is 17.3 Å². The van der Waals surface area contributed by atoms with Crippen molar-refractivity contribution in [1.29, 1.82) is 0 Å². The monoisotopic (exact) mass is 435 g/mol. The van der Waals surface area contributed by atoms with E-state index < -0.39 is 0 Å². The predicted octanol–water partition coefficient (Wildman–Crippen LogP) is 7.22. The molecule has 0 aliphatic carbocycles. The molecule has 2 aromatic carbocycles. The zero-order valence-electron chi connectivity index (χ0n) is 18.6. The van der Waals surface area contributed by atoms with Crippen molar-refractivity contribution in [3.63, 3.8) is 0 Å². The van der Waals surface area contributed by atoms with E-state index in [0.717, 1.165) is 50.3 Å². The van der Waals surface area contributed by atoms with Crippen LogP contribution in [0, 0.1) is 26.6 Å². The number of benzene rings is 2. The summed E-state index contributed by atoms with van der Waals surface area (Å²) in [6.07, 6.45) is 5.29. The minimum atomic E-state index is -0.226. The zero-order chi connectivity index (χ0) is 22.9. The Morgan fingerprint density at radius 2 is 1.61 bits per heavy atom. The Bertz CT molecular complexity index is 1480. The van der Waals surface area contributed by atoms with Gasteiger partial charge in [0.25, 0.3) is 0 Å². The summed E-state index contributed by atoms with van der Waals surface area (Å²) in [4.78, 5) is 13.5. The van der Waals surface area contributed by atoms with Gasteiger partial charge in [-0.3, -0.25) is 15.0 Å². The van der Waals surface area contributed by atoms with Crippen LogP contribution >= 0.6 is 0 Å². The first kappa shape index (κ1) is 20.8. The summed E-state index contributed by atoms with van der Waals surface area (Å²) in [5.74, 6) is 1.19. The molecule has 0 aliphatic heterocycles. The van der Waals surface area contributed by atoms with Crippen molar-refractivity contribution in [2.45, 2.75) is 20.8 Å². The van der Waals surface area contributed by atoms with Crippen LogP contribution in [0.15, 0.2) is 79.3 Å². The molecule has 0 amide bonds. The lowest BCUT2D eigenvalue weighted by atomic mass is 9.97. The molecule has 0 saturated carbocycles. The van der Waals surface area contributed by atoms with Crippen molar-refractivity contribution in [3.05, 3.63) is 102 Å². The van der Waals surface area contributed by atoms with E-state index in [4.69, 9.17) is 4.74 Å². The van der Waals surface area contributed by atoms with Gasteiger partial charge in [0, 0.05) is 40.2 Å². The summed E-state index contributed by atoms with van der Waals surface area (Å²) in [6.45, 7) is 5.68. The molecule has 0 aliphatic rings. The summed E-state index contributed by atoms with van der Waals surface area (Å²) in [5, 5.41) is 0.901. The molecule has 0 N–H and O–H groups in total. The Labute approximate surface area is 191 Å². The summed E-state index contributed by atoms with van der Waals surface area (Å²) in [5.41, 5.74) is 6.89. The fourth-order valence-corrected chi connectivity index (χ4v) is 3.86. The standard InChI is InChI=1S/C28H22FN3O/c1-17-13-21(7-10-25(17)29)27-23(5-4-12-30-27)20-8-11-26-24(14-20)28(18(2)15-32-26)33-22-9-6-19(3)31-16-22/h4-16H,1-3H3. The number of aryl methyl sites for hydroxylation is 3. The number of nitrogens with zero attached hydrogens (tertiary/aromatic N) is 3. The van der Waals surface area contributed by atoms with Crippen molar-refractivity contribution in [2.24, 2.45) is 0 Å². The molecule has 0 bridgehead atoms. The minimum absolute atomic E-state index is 0.226. The van der Waals surface area contributed by atoms with E-state index in [1.54, 1.807) is 25.4 Å². The van der Waals surface area contributed by atoms with Crippen LogP contribution < -0.4 is 4.74 Å². The minimum Gasteiger partial charge on any atom is -0.455 e. The molecule has 5 aromatic rings. The van der Waals surface area contributed by atoms with Crippen molar-refractivity contribution >= 4 is 10.9 Å². The molecule has 0 unspecified atom stereocenters. The van der Waals surface area contributed by atoms with Crippen LogP contribution in [0.2, 0.25) is 0 Å². The highest BCUT2D eigenvalue weighted by atomic mass is 19.1. The number of fused-ring (bicyclic) bond motifs is 1. The second-order valence-corrected chi connectivity index (χ2v) is 8.10. The van der Waals surface area contributed by atoms with E-state index in [0.29, 0.717) is 11.3 Å². The fourth-order valence-electron chi connectivity index (χ4n) is 3.86. The molecule has 5 heteroatoms. The van der Waals surface area contributed by atoms with E-state index in [-0.39, 0.29) is 5.82 Å². The first-order valence-corrected chi connectivity index (χ1v) is 10.7. The van der Waals surface area contributed by atoms with Gasteiger partial charge in [-0.15, -0.1) is 0 Å². The lowest BCUT2D eigenvalue weighted by molar-refractivity contribution is 0.481. The highest BCUT2D eigenvalue weighted by Crippen LogP contribution is 2.37. The van der Waals surface area contributed by atoms with Crippen LogP contribution in [0.4, 0.5) is 4.39 Å². The molecule has 0 spiro atoms. The van der Waals surface area contributed by atoms with Gasteiger partial charge in [-0.25, -0.2) is 4.39 Å². The van der Waals surface area contributed by atoms with Crippen molar-refractivity contribution < 1.29 is 9.13 Å². The first-order valence-electron chi connectivity index (χ1n) is 10.7. The maximum absolute atomic E-state index is 13.9. The lowest BCUT2D eigenvalue weighted by Crippen LogP contribution is -1.94. The van der Waals surface area contributed by atoms with Crippen LogP contribution in [0.25, 0.3) is 33.3 Å². The molecule has 0 saturated heterocycles. The predicted molar refractivity (Wildman–Crippen MR) is 129 cm³/mol. The molecule has 4 nitrogen and oxygen atoms in total. The molecule has 162 valence electrons. The van der Waals surface area contributed by atoms with E-state index in [2.05, 4.69) is 21.0 Å². The molecule has 33 heavy (non-hydrogen) atoms. The normalized spacial score (nSPS) is 11.0. The van der Waals surface area contributed by atoms with E-state index >= 15 is 0 Å². The fraction of sp³-hybridized carbons (Fsp3) is 0.107. The maximum Gasteiger partial charge on any atom is 0.145 e. The van der Waals surface area contributed by atoms with Gasteiger partial charge in [-0.2, -0.15) is 0 Å². The zero-order valence-corrected chi connectivity index (χ0v) is 18.6. The quantitative estimate of drug-likeness (QED) is 0.299. The SMILES string of the molecule is Cc1ccc(Oc2c(C)cnc3ccc(-c4cccnc4-c4ccc(F)c(C)c4)cc23)cn1. The number of pyridine rings is 3. The molecule has 0 radical (unpaired) electrons. The Balaban J connectivity index is 1.65. The molecule has 0 fully saturated rings. The van der Waals surface area contributed by atoms with Crippen LogP contribution in [-0.2, 0) is 0 Å². The summed E-state index contributed by atoms with van der Waals surface area (Å²) < 4.78 is 20.1. The number of hydrogen-bond acceptors (Lipinski definition) is 4. The van der Waals surface area contributed by atoms with Gasteiger partial charge in [0.05, 0.1) is 17.4 Å². The maximum atomic E-state index is 13.9. The lowest BCUT2D eigenvalue weighted by Gasteiger charge is -2.14. The average molecular weight is 436 g/mol. The van der Waals surface area contributed by atoms with E-state index in [9.17, 15) is 4.39 Å². The number of halogens is 1. The van der Waals surface area contributed by atoms with Gasteiger partial charge in [-0.1, -0.05) is 12.1 Å². The Morgan fingerprint density at radius 1 is 0.758 bits per heavy atom. The van der Waals surface area contributed by atoms with E-state index in [1.807, 2.05) is 62.5 Å². The van der Waals surface area contributed by atoms with Crippen molar-refractivity contribution in [3.8, 4) is 33.9 Å². The topological polar surface area (TPSA) is 47.9 Å². The third kappa shape index (κ3) is 4.05. The molecule has 3 aromatic heterocycles. The van der Waals surface area contributed by atoms with Gasteiger partial charge >= 0.3 is 0 Å². The van der Waals surface area contributed by atoms with Crippen LogP contribution in [0.5, 0.6) is 11.5 Å². The molecular weight excluding hydrogens is 413 g/mol.